The number of anilines is 1. The van der Waals surface area contributed by atoms with E-state index < -0.39 is 11.6 Å². The molecule has 1 aliphatic rings. The number of carbonyl (C=O) groups excluding carboxylic acids is 1. The minimum absolute atomic E-state index is 0.0365. The fraction of sp³-hybridized carbons (Fsp3) is 0.278. The third-order valence-corrected chi connectivity index (χ3v) is 4.07. The molecule has 3 nitrogen and oxygen atoms in total. The summed E-state index contributed by atoms with van der Waals surface area (Å²) in [5.74, 6) is -2.04. The van der Waals surface area contributed by atoms with Gasteiger partial charge < -0.3 is 10.6 Å². The Labute approximate surface area is 133 Å². The molecule has 0 heterocycles. The lowest BCUT2D eigenvalue weighted by molar-refractivity contribution is -0.117. The first-order valence-electron chi connectivity index (χ1n) is 7.58. The van der Waals surface area contributed by atoms with Crippen LogP contribution in [0.2, 0.25) is 0 Å². The van der Waals surface area contributed by atoms with E-state index >= 15 is 0 Å². The highest BCUT2D eigenvalue weighted by Gasteiger charge is 2.44. The van der Waals surface area contributed by atoms with Crippen LogP contribution >= 0.6 is 0 Å². The third kappa shape index (κ3) is 3.56. The van der Waals surface area contributed by atoms with Gasteiger partial charge in [-0.25, -0.2) is 8.78 Å². The molecule has 0 unspecified atom stereocenters. The molecular weight excluding hydrogens is 298 g/mol. The van der Waals surface area contributed by atoms with E-state index in [1.807, 2.05) is 31.3 Å². The van der Waals surface area contributed by atoms with Gasteiger partial charge in [0.2, 0.25) is 5.91 Å². The molecule has 0 bridgehead atoms. The topological polar surface area (TPSA) is 41.1 Å². The molecule has 1 aliphatic carbocycles. The molecular formula is C18H18F2N2O. The van der Waals surface area contributed by atoms with E-state index in [4.69, 9.17) is 0 Å². The number of hydrogen-bond acceptors (Lipinski definition) is 2. The predicted molar refractivity (Wildman–Crippen MR) is 85.0 cm³/mol. The second-order valence-electron chi connectivity index (χ2n) is 5.84. The normalized spacial score (nSPS) is 19.4. The third-order valence-electron chi connectivity index (χ3n) is 4.07. The van der Waals surface area contributed by atoms with E-state index in [9.17, 15) is 13.6 Å². The summed E-state index contributed by atoms with van der Waals surface area (Å²) in [5, 5.41) is 5.95. The summed E-state index contributed by atoms with van der Waals surface area (Å²) < 4.78 is 26.2. The number of carbonyl (C=O) groups is 1. The van der Waals surface area contributed by atoms with Gasteiger partial charge in [0, 0.05) is 18.2 Å². The molecule has 5 heteroatoms. The highest BCUT2D eigenvalue weighted by Crippen LogP contribution is 2.48. The van der Waals surface area contributed by atoms with E-state index in [1.165, 1.54) is 6.07 Å². The Kier molecular flexibility index (Phi) is 4.39. The lowest BCUT2D eigenvalue weighted by atomic mass is 10.1. The first-order valence-corrected chi connectivity index (χ1v) is 7.58. The average Bonchev–Trinajstić information content (AvgIpc) is 3.31. The van der Waals surface area contributed by atoms with Crippen molar-refractivity contribution in [3.63, 3.8) is 0 Å². The average molecular weight is 316 g/mol. The molecule has 2 aromatic rings. The summed E-state index contributed by atoms with van der Waals surface area (Å²) in [6.45, 7) is 0.727. The van der Waals surface area contributed by atoms with Gasteiger partial charge in [0.25, 0.3) is 0 Å². The number of rotatable bonds is 5. The summed E-state index contributed by atoms with van der Waals surface area (Å²) in [4.78, 5) is 12.3. The Morgan fingerprint density at radius 3 is 2.74 bits per heavy atom. The molecule has 2 N–H and O–H groups in total. The smallest absolute Gasteiger partial charge is 0.228 e. The maximum Gasteiger partial charge on any atom is 0.228 e. The van der Waals surface area contributed by atoms with Crippen molar-refractivity contribution < 1.29 is 13.6 Å². The van der Waals surface area contributed by atoms with Gasteiger partial charge >= 0.3 is 0 Å². The molecule has 1 amide bonds. The fourth-order valence-electron chi connectivity index (χ4n) is 2.79. The molecule has 1 saturated carbocycles. The van der Waals surface area contributed by atoms with Crippen molar-refractivity contribution in [2.75, 3.05) is 12.4 Å². The molecule has 0 spiro atoms. The maximum absolute atomic E-state index is 13.3. The van der Waals surface area contributed by atoms with Crippen LogP contribution in [0.1, 0.15) is 23.5 Å². The van der Waals surface area contributed by atoms with Crippen LogP contribution in [0.3, 0.4) is 0 Å². The van der Waals surface area contributed by atoms with Gasteiger partial charge in [-0.1, -0.05) is 18.2 Å². The Hall–Kier alpha value is -2.27. The van der Waals surface area contributed by atoms with Crippen molar-refractivity contribution in [1.29, 1.82) is 0 Å². The van der Waals surface area contributed by atoms with Gasteiger partial charge in [0.05, 0.1) is 0 Å². The Bertz CT molecular complexity index is 733. The molecule has 2 atom stereocenters. The first-order chi connectivity index (χ1) is 11.1. The Morgan fingerprint density at radius 2 is 2.00 bits per heavy atom. The second-order valence-corrected chi connectivity index (χ2v) is 5.84. The Morgan fingerprint density at radius 1 is 1.17 bits per heavy atom. The van der Waals surface area contributed by atoms with Crippen molar-refractivity contribution in [3.05, 3.63) is 65.2 Å². The van der Waals surface area contributed by atoms with Gasteiger partial charge in [-0.05, 0) is 54.8 Å². The highest BCUT2D eigenvalue weighted by molar-refractivity contribution is 5.95. The van der Waals surface area contributed by atoms with Crippen LogP contribution in [0.5, 0.6) is 0 Å². The number of halogens is 2. The minimum atomic E-state index is -0.867. The van der Waals surface area contributed by atoms with Gasteiger partial charge in [0.15, 0.2) is 11.6 Å². The van der Waals surface area contributed by atoms with Crippen LogP contribution in [-0.4, -0.2) is 13.0 Å². The van der Waals surface area contributed by atoms with E-state index in [2.05, 4.69) is 10.6 Å². The van der Waals surface area contributed by atoms with Crippen molar-refractivity contribution in [3.8, 4) is 0 Å². The number of nitrogens with one attached hydrogen (secondary N) is 2. The van der Waals surface area contributed by atoms with Crippen molar-refractivity contribution in [2.24, 2.45) is 5.92 Å². The molecule has 0 aliphatic heterocycles. The number of amides is 1. The SMILES string of the molecule is CNCc1cccc(NC(=O)[C@@H]2C[C@@H]2c2ccc(F)c(F)c2)c1. The van der Waals surface area contributed by atoms with Crippen LogP contribution < -0.4 is 10.6 Å². The fourth-order valence-corrected chi connectivity index (χ4v) is 2.79. The van der Waals surface area contributed by atoms with Crippen LogP contribution in [0.15, 0.2) is 42.5 Å². The molecule has 0 saturated heterocycles. The monoisotopic (exact) mass is 316 g/mol. The van der Waals surface area contributed by atoms with Gasteiger partial charge in [0.1, 0.15) is 0 Å². The molecule has 0 aromatic heterocycles. The standard InChI is InChI=1S/C18H18F2N2O/c1-21-10-11-3-2-4-13(7-11)22-18(23)15-9-14(15)12-5-6-16(19)17(20)8-12/h2-8,14-15,21H,9-10H2,1H3,(H,22,23)/t14-,15-/m1/s1. The van der Waals surface area contributed by atoms with Gasteiger partial charge in [-0.15, -0.1) is 0 Å². The Balaban J connectivity index is 1.64. The van der Waals surface area contributed by atoms with Crippen molar-refractivity contribution in [1.82, 2.24) is 5.32 Å². The van der Waals surface area contributed by atoms with Crippen LogP contribution in [0.4, 0.5) is 14.5 Å². The van der Waals surface area contributed by atoms with Crippen LogP contribution in [0, 0.1) is 17.6 Å². The van der Waals surface area contributed by atoms with Crippen LogP contribution in [0.25, 0.3) is 0 Å². The number of benzene rings is 2. The van der Waals surface area contributed by atoms with E-state index in [0.717, 1.165) is 23.9 Å². The largest absolute Gasteiger partial charge is 0.326 e. The summed E-state index contributed by atoms with van der Waals surface area (Å²) in [5.41, 5.74) is 2.50. The second kappa shape index (κ2) is 6.46. The zero-order valence-corrected chi connectivity index (χ0v) is 12.8. The molecule has 1 fully saturated rings. The van der Waals surface area contributed by atoms with E-state index in [-0.39, 0.29) is 17.7 Å². The van der Waals surface area contributed by atoms with E-state index in [0.29, 0.717) is 12.0 Å². The molecule has 3 rings (SSSR count). The summed E-state index contributed by atoms with van der Waals surface area (Å²) in [6.07, 6.45) is 0.660. The first kappa shape index (κ1) is 15.6. The van der Waals surface area contributed by atoms with Gasteiger partial charge in [-0.3, -0.25) is 4.79 Å². The minimum Gasteiger partial charge on any atom is -0.326 e. The summed E-state index contributed by atoms with van der Waals surface area (Å²) >= 11 is 0. The molecule has 0 radical (unpaired) electrons. The quantitative estimate of drug-likeness (QED) is 0.887. The number of hydrogen-bond donors (Lipinski definition) is 2. The van der Waals surface area contributed by atoms with Crippen LogP contribution in [-0.2, 0) is 11.3 Å². The van der Waals surface area contributed by atoms with E-state index in [1.54, 1.807) is 6.07 Å². The molecule has 23 heavy (non-hydrogen) atoms. The van der Waals surface area contributed by atoms with Crippen molar-refractivity contribution in [2.45, 2.75) is 18.9 Å². The lowest BCUT2D eigenvalue weighted by Gasteiger charge is -2.07. The van der Waals surface area contributed by atoms with Crippen molar-refractivity contribution >= 4 is 11.6 Å². The zero-order chi connectivity index (χ0) is 16.4. The maximum atomic E-state index is 13.3. The summed E-state index contributed by atoms with van der Waals surface area (Å²) in [6, 6.07) is 11.5. The van der Waals surface area contributed by atoms with Gasteiger partial charge in [-0.2, -0.15) is 0 Å². The molecule has 2 aromatic carbocycles. The highest BCUT2D eigenvalue weighted by atomic mass is 19.2. The summed E-state index contributed by atoms with van der Waals surface area (Å²) in [7, 11) is 1.86. The predicted octanol–water partition coefficient (Wildman–Crippen LogP) is 3.43. The zero-order valence-electron chi connectivity index (χ0n) is 12.8. The lowest BCUT2D eigenvalue weighted by Crippen LogP contribution is -2.15. The molecule has 120 valence electrons.